The maximum absolute atomic E-state index is 13.4. The van der Waals surface area contributed by atoms with Crippen molar-refractivity contribution in [2.24, 2.45) is 10.9 Å². The van der Waals surface area contributed by atoms with Gasteiger partial charge in [0.05, 0.1) is 0 Å². The molecular formula is C21H30FIN4S. The van der Waals surface area contributed by atoms with E-state index >= 15 is 0 Å². The number of hydrogen-bond donors (Lipinski definition) is 1. The van der Waals surface area contributed by atoms with Crippen LogP contribution in [0.2, 0.25) is 0 Å². The molecule has 1 saturated heterocycles. The SMILES string of the molecule is CN=C(NCC1CCCN(Cc2cccs2)C1)N(C)Cc1cccc(F)c1.I. The highest BCUT2D eigenvalue weighted by atomic mass is 127. The Labute approximate surface area is 188 Å². The molecule has 1 N–H and O–H groups in total. The molecule has 1 fully saturated rings. The summed E-state index contributed by atoms with van der Waals surface area (Å²) in [5.74, 6) is 1.28. The number of thiophene rings is 1. The molecule has 1 unspecified atom stereocenters. The summed E-state index contributed by atoms with van der Waals surface area (Å²) in [4.78, 5) is 10.4. The summed E-state index contributed by atoms with van der Waals surface area (Å²) in [5, 5.41) is 5.66. The molecule has 3 rings (SSSR count). The first kappa shape index (κ1) is 23.1. The van der Waals surface area contributed by atoms with Crippen molar-refractivity contribution in [1.29, 1.82) is 0 Å². The van der Waals surface area contributed by atoms with Crippen molar-refractivity contribution >= 4 is 41.3 Å². The van der Waals surface area contributed by atoms with E-state index in [9.17, 15) is 4.39 Å². The number of guanidine groups is 1. The molecule has 154 valence electrons. The molecule has 0 aliphatic carbocycles. The summed E-state index contributed by atoms with van der Waals surface area (Å²) >= 11 is 1.84. The van der Waals surface area contributed by atoms with E-state index in [1.807, 2.05) is 29.4 Å². The number of piperidine rings is 1. The van der Waals surface area contributed by atoms with Crippen LogP contribution in [0.4, 0.5) is 4.39 Å². The van der Waals surface area contributed by atoms with Gasteiger partial charge in [0, 0.05) is 45.2 Å². The highest BCUT2D eigenvalue weighted by Crippen LogP contribution is 2.20. The molecule has 1 aromatic carbocycles. The van der Waals surface area contributed by atoms with Crippen LogP contribution in [-0.4, -0.2) is 49.5 Å². The van der Waals surface area contributed by atoms with Gasteiger partial charge in [0.15, 0.2) is 5.96 Å². The van der Waals surface area contributed by atoms with Gasteiger partial charge in [-0.15, -0.1) is 35.3 Å². The fourth-order valence-corrected chi connectivity index (χ4v) is 4.44. The van der Waals surface area contributed by atoms with Gasteiger partial charge in [-0.25, -0.2) is 4.39 Å². The number of hydrogen-bond acceptors (Lipinski definition) is 3. The second-order valence-electron chi connectivity index (χ2n) is 7.24. The first-order valence-electron chi connectivity index (χ1n) is 9.55. The third-order valence-corrected chi connectivity index (χ3v) is 5.85. The largest absolute Gasteiger partial charge is 0.356 e. The third-order valence-electron chi connectivity index (χ3n) is 4.99. The van der Waals surface area contributed by atoms with Crippen LogP contribution >= 0.6 is 35.3 Å². The van der Waals surface area contributed by atoms with Crippen LogP contribution in [-0.2, 0) is 13.1 Å². The average molecular weight is 516 g/mol. The van der Waals surface area contributed by atoms with Gasteiger partial charge in [-0.05, 0) is 54.4 Å². The Hall–Kier alpha value is -1.19. The second-order valence-corrected chi connectivity index (χ2v) is 8.27. The van der Waals surface area contributed by atoms with Crippen LogP contribution in [0.3, 0.4) is 0 Å². The van der Waals surface area contributed by atoms with E-state index in [2.05, 4.69) is 32.7 Å². The Morgan fingerprint density at radius 1 is 1.36 bits per heavy atom. The zero-order valence-electron chi connectivity index (χ0n) is 16.6. The molecule has 1 aliphatic rings. The van der Waals surface area contributed by atoms with Crippen molar-refractivity contribution < 1.29 is 4.39 Å². The quantitative estimate of drug-likeness (QED) is 0.350. The van der Waals surface area contributed by atoms with Gasteiger partial charge in [-0.2, -0.15) is 0 Å². The molecule has 0 radical (unpaired) electrons. The fraction of sp³-hybridized carbons (Fsp3) is 0.476. The molecule has 0 spiro atoms. The van der Waals surface area contributed by atoms with Crippen molar-refractivity contribution in [3.05, 3.63) is 58.0 Å². The van der Waals surface area contributed by atoms with E-state index in [-0.39, 0.29) is 29.8 Å². The Balaban J connectivity index is 0.00000280. The lowest BCUT2D eigenvalue weighted by Crippen LogP contribution is -2.44. The van der Waals surface area contributed by atoms with E-state index in [4.69, 9.17) is 0 Å². The van der Waals surface area contributed by atoms with Crippen molar-refractivity contribution in [2.45, 2.75) is 25.9 Å². The molecule has 1 atom stereocenters. The number of nitrogens with zero attached hydrogens (tertiary/aromatic N) is 3. The first-order valence-corrected chi connectivity index (χ1v) is 10.4. The summed E-state index contributed by atoms with van der Waals surface area (Å²) in [6.45, 7) is 4.91. The summed E-state index contributed by atoms with van der Waals surface area (Å²) < 4.78 is 13.4. The second kappa shape index (κ2) is 11.7. The minimum atomic E-state index is -0.197. The Morgan fingerprint density at radius 2 is 2.21 bits per heavy atom. The minimum absolute atomic E-state index is 0. The number of halogens is 2. The van der Waals surface area contributed by atoms with E-state index < -0.39 is 0 Å². The topological polar surface area (TPSA) is 30.9 Å². The first-order chi connectivity index (χ1) is 13.1. The van der Waals surface area contributed by atoms with E-state index in [1.165, 1.54) is 30.3 Å². The molecule has 7 heteroatoms. The zero-order valence-corrected chi connectivity index (χ0v) is 19.8. The molecule has 4 nitrogen and oxygen atoms in total. The van der Waals surface area contributed by atoms with Gasteiger partial charge >= 0.3 is 0 Å². The van der Waals surface area contributed by atoms with Crippen molar-refractivity contribution in [1.82, 2.24) is 15.1 Å². The molecular weight excluding hydrogens is 486 g/mol. The number of aliphatic imine (C=N–C) groups is 1. The normalized spacial score (nSPS) is 17.8. The highest BCUT2D eigenvalue weighted by molar-refractivity contribution is 14.0. The van der Waals surface area contributed by atoms with Gasteiger partial charge in [0.1, 0.15) is 5.82 Å². The van der Waals surface area contributed by atoms with Crippen LogP contribution < -0.4 is 5.32 Å². The Morgan fingerprint density at radius 3 is 2.93 bits per heavy atom. The van der Waals surface area contributed by atoms with Crippen molar-refractivity contribution in [3.63, 3.8) is 0 Å². The van der Waals surface area contributed by atoms with Gasteiger partial charge in [-0.1, -0.05) is 18.2 Å². The monoisotopic (exact) mass is 516 g/mol. The number of rotatable bonds is 6. The smallest absolute Gasteiger partial charge is 0.193 e. The van der Waals surface area contributed by atoms with Gasteiger partial charge < -0.3 is 10.2 Å². The van der Waals surface area contributed by atoms with E-state index in [1.54, 1.807) is 19.2 Å². The maximum atomic E-state index is 13.4. The third kappa shape index (κ3) is 7.00. The number of likely N-dealkylation sites (tertiary alicyclic amines) is 1. The summed E-state index contributed by atoms with van der Waals surface area (Å²) in [7, 11) is 3.79. The Kier molecular flexibility index (Phi) is 9.67. The number of nitrogens with one attached hydrogen (secondary N) is 1. The molecule has 1 aliphatic heterocycles. The van der Waals surface area contributed by atoms with Crippen LogP contribution in [0.1, 0.15) is 23.3 Å². The zero-order chi connectivity index (χ0) is 19.1. The average Bonchev–Trinajstić information content (AvgIpc) is 3.15. The van der Waals surface area contributed by atoms with Gasteiger partial charge in [-0.3, -0.25) is 9.89 Å². The van der Waals surface area contributed by atoms with Crippen LogP contribution in [0.25, 0.3) is 0 Å². The van der Waals surface area contributed by atoms with Crippen molar-refractivity contribution in [3.8, 4) is 0 Å². The molecule has 28 heavy (non-hydrogen) atoms. The highest BCUT2D eigenvalue weighted by Gasteiger charge is 2.21. The Bertz CT molecular complexity index is 738. The van der Waals surface area contributed by atoms with E-state index in [0.717, 1.165) is 31.2 Å². The lowest BCUT2D eigenvalue weighted by Gasteiger charge is -2.33. The number of benzene rings is 1. The summed E-state index contributed by atoms with van der Waals surface area (Å²) in [5.41, 5.74) is 0.945. The predicted molar refractivity (Wildman–Crippen MR) is 127 cm³/mol. The van der Waals surface area contributed by atoms with Crippen LogP contribution in [0.5, 0.6) is 0 Å². The molecule has 2 heterocycles. The maximum Gasteiger partial charge on any atom is 0.193 e. The van der Waals surface area contributed by atoms with Crippen LogP contribution in [0, 0.1) is 11.7 Å². The van der Waals surface area contributed by atoms with E-state index in [0.29, 0.717) is 12.5 Å². The lowest BCUT2D eigenvalue weighted by atomic mass is 9.98. The standard InChI is InChI=1S/C21H29FN4S.HI/c1-23-21(25(2)14-17-6-3-8-19(22)12-17)24-13-18-7-4-10-26(15-18)16-20-9-5-11-27-20;/h3,5-6,8-9,11-12,18H,4,7,10,13-16H2,1-2H3,(H,23,24);1H. The molecule has 1 aromatic heterocycles. The molecule has 0 saturated carbocycles. The molecule has 0 bridgehead atoms. The summed E-state index contributed by atoms with van der Waals surface area (Å²) in [6.07, 6.45) is 2.49. The lowest BCUT2D eigenvalue weighted by molar-refractivity contribution is 0.169. The molecule has 2 aromatic rings. The van der Waals surface area contributed by atoms with Gasteiger partial charge in [0.25, 0.3) is 0 Å². The fourth-order valence-electron chi connectivity index (χ4n) is 3.69. The van der Waals surface area contributed by atoms with Crippen molar-refractivity contribution in [2.75, 3.05) is 33.7 Å². The van der Waals surface area contributed by atoms with Gasteiger partial charge in [0.2, 0.25) is 0 Å². The van der Waals surface area contributed by atoms with Crippen LogP contribution in [0.15, 0.2) is 46.8 Å². The summed E-state index contributed by atoms with van der Waals surface area (Å²) in [6, 6.07) is 11.1. The minimum Gasteiger partial charge on any atom is -0.356 e. The predicted octanol–water partition coefficient (Wildman–Crippen LogP) is 4.42. The molecule has 0 amide bonds.